The SMILES string of the molecule is [2H]C([2H])(F)OC([2H])(C(F)(F)F)C(F)(F)F. The molecule has 0 spiro atoms. The van der Waals surface area contributed by atoms with Crippen molar-refractivity contribution in [2.45, 2.75) is 18.4 Å². The van der Waals surface area contributed by atoms with Gasteiger partial charge in [-0.05, 0) is 0 Å². The minimum Gasteiger partial charge on any atom is -0.329 e. The molecule has 0 N–H and O–H groups in total. The van der Waals surface area contributed by atoms with E-state index in [1.54, 1.807) is 0 Å². The van der Waals surface area contributed by atoms with Crippen molar-refractivity contribution < 1.29 is 39.6 Å². The molecular formula is C4H3F7O. The summed E-state index contributed by atoms with van der Waals surface area (Å²) in [5.41, 5.74) is 0. The van der Waals surface area contributed by atoms with Crippen LogP contribution in [0.3, 0.4) is 0 Å². The highest BCUT2D eigenvalue weighted by molar-refractivity contribution is 4.75. The van der Waals surface area contributed by atoms with Crippen molar-refractivity contribution in [3.05, 3.63) is 0 Å². The molecule has 74 valence electrons. The summed E-state index contributed by atoms with van der Waals surface area (Å²) in [6, 6.07) is 0. The number of ether oxygens (including phenoxy) is 1. The Kier molecular flexibility index (Phi) is 2.00. The van der Waals surface area contributed by atoms with Crippen LogP contribution >= 0.6 is 0 Å². The van der Waals surface area contributed by atoms with Crippen LogP contribution in [0.1, 0.15) is 4.11 Å². The van der Waals surface area contributed by atoms with E-state index in [0.29, 0.717) is 0 Å². The summed E-state index contributed by atoms with van der Waals surface area (Å²) >= 11 is 0. The molecule has 0 atom stereocenters. The summed E-state index contributed by atoms with van der Waals surface area (Å²) in [6.07, 6.45) is -18.3. The summed E-state index contributed by atoms with van der Waals surface area (Å²) in [5.74, 6) is 0. The van der Waals surface area contributed by atoms with Gasteiger partial charge >= 0.3 is 12.4 Å². The Labute approximate surface area is 66.3 Å². The fraction of sp³-hybridized carbons (Fsp3) is 1.00. The van der Waals surface area contributed by atoms with E-state index in [-0.39, 0.29) is 0 Å². The van der Waals surface area contributed by atoms with Gasteiger partial charge in [0.25, 0.3) is 6.08 Å². The molecule has 0 aromatic rings. The van der Waals surface area contributed by atoms with Gasteiger partial charge in [-0.1, -0.05) is 0 Å². The molecule has 12 heavy (non-hydrogen) atoms. The van der Waals surface area contributed by atoms with E-state index in [4.69, 9.17) is 4.11 Å². The number of halogens is 7. The zero-order valence-corrected chi connectivity index (χ0v) is 5.05. The molecule has 0 unspecified atom stereocenters. The highest BCUT2D eigenvalue weighted by Gasteiger charge is 2.58. The topological polar surface area (TPSA) is 9.23 Å². The van der Waals surface area contributed by atoms with E-state index >= 15 is 0 Å². The molecule has 0 bridgehead atoms. The Morgan fingerprint density at radius 2 is 1.50 bits per heavy atom. The molecule has 0 aliphatic carbocycles. The molecule has 0 rings (SSSR count). The summed E-state index contributed by atoms with van der Waals surface area (Å²) in [4.78, 5) is 0. The molecule has 0 saturated heterocycles. The van der Waals surface area contributed by atoms with Crippen LogP contribution in [0, 0.1) is 0 Å². The second-order valence-corrected chi connectivity index (χ2v) is 1.50. The molecule has 0 heterocycles. The van der Waals surface area contributed by atoms with Crippen molar-refractivity contribution in [1.29, 1.82) is 0 Å². The maximum atomic E-state index is 11.9. The van der Waals surface area contributed by atoms with Gasteiger partial charge in [0.1, 0.15) is 0 Å². The third kappa shape index (κ3) is 3.24. The lowest BCUT2D eigenvalue weighted by molar-refractivity contribution is -0.327. The summed E-state index contributed by atoms with van der Waals surface area (Å²) in [5, 5.41) is 0. The highest BCUT2D eigenvalue weighted by Crippen LogP contribution is 2.35. The molecule has 0 saturated carbocycles. The van der Waals surface area contributed by atoms with E-state index < -0.39 is 25.2 Å². The first-order chi connectivity index (χ1) is 6.21. The van der Waals surface area contributed by atoms with Crippen LogP contribution in [0.25, 0.3) is 0 Å². The van der Waals surface area contributed by atoms with Crippen molar-refractivity contribution in [1.82, 2.24) is 0 Å². The molecule has 0 radical (unpaired) electrons. The second-order valence-electron chi connectivity index (χ2n) is 1.50. The second kappa shape index (κ2) is 3.46. The van der Waals surface area contributed by atoms with Gasteiger partial charge in [0, 0.05) is 0 Å². The summed E-state index contributed by atoms with van der Waals surface area (Å²) in [6.45, 7) is -4.73. The van der Waals surface area contributed by atoms with Gasteiger partial charge in [-0.2, -0.15) is 26.3 Å². The van der Waals surface area contributed by atoms with Gasteiger partial charge in [0.05, 0.1) is 4.11 Å². The minimum absolute atomic E-state index is 2.44. The monoisotopic (exact) mass is 203 g/mol. The Bertz CT molecular complexity index is 214. The standard InChI is InChI=1S/C4H3F7O/c5-1-12-2(3(6,7)8)4(9,10)11/h2H,1H2/i1D2,2D. The van der Waals surface area contributed by atoms with E-state index in [9.17, 15) is 30.7 Å². The Hall–Kier alpha value is -0.530. The van der Waals surface area contributed by atoms with Gasteiger partial charge in [-0.3, -0.25) is 0 Å². The van der Waals surface area contributed by atoms with Crippen molar-refractivity contribution in [2.75, 3.05) is 6.81 Å². The van der Waals surface area contributed by atoms with Crippen LogP contribution in [-0.4, -0.2) is 25.2 Å². The summed E-state index contributed by atoms with van der Waals surface area (Å²) in [7, 11) is 0. The molecule has 0 fully saturated rings. The van der Waals surface area contributed by atoms with Crippen LogP contribution < -0.4 is 0 Å². The summed E-state index contributed by atoms with van der Waals surface area (Å²) < 4.78 is 102. The first kappa shape index (κ1) is 6.93. The van der Waals surface area contributed by atoms with E-state index in [1.807, 2.05) is 0 Å². The lowest BCUT2D eigenvalue weighted by Gasteiger charge is -2.21. The molecule has 0 aliphatic rings. The molecule has 1 nitrogen and oxygen atoms in total. The van der Waals surface area contributed by atoms with Crippen LogP contribution in [0.2, 0.25) is 0 Å². The third-order valence-electron chi connectivity index (χ3n) is 0.656. The number of hydrogen-bond acceptors (Lipinski definition) is 1. The average molecular weight is 203 g/mol. The van der Waals surface area contributed by atoms with Crippen molar-refractivity contribution in [3.8, 4) is 0 Å². The maximum absolute atomic E-state index is 11.9. The lowest BCUT2D eigenvalue weighted by Crippen LogP contribution is -2.44. The zero-order valence-electron chi connectivity index (χ0n) is 8.05. The van der Waals surface area contributed by atoms with E-state index in [2.05, 4.69) is 4.74 Å². The van der Waals surface area contributed by atoms with E-state index in [1.165, 1.54) is 0 Å². The number of rotatable bonds is 2. The minimum atomic E-state index is -6.31. The molecule has 8 heteroatoms. The largest absolute Gasteiger partial charge is 0.423 e. The predicted molar refractivity (Wildman–Crippen MR) is 23.0 cm³/mol. The van der Waals surface area contributed by atoms with Gasteiger partial charge in [-0.15, -0.1) is 0 Å². The van der Waals surface area contributed by atoms with Crippen LogP contribution in [-0.2, 0) is 4.74 Å². The molecule has 0 amide bonds. The van der Waals surface area contributed by atoms with Crippen LogP contribution in [0.4, 0.5) is 30.7 Å². The fourth-order valence-electron chi connectivity index (χ4n) is 0.315. The molecule has 0 aliphatic heterocycles. The smallest absolute Gasteiger partial charge is 0.329 e. The average Bonchev–Trinajstić information content (AvgIpc) is 1.77. The van der Waals surface area contributed by atoms with Crippen LogP contribution in [0.15, 0.2) is 0 Å². The van der Waals surface area contributed by atoms with Gasteiger partial charge in [0.15, 0.2) is 6.81 Å². The normalized spacial score (nSPS) is 19.8. The number of hydrogen-bond donors (Lipinski definition) is 0. The quantitative estimate of drug-likeness (QED) is 0.626. The zero-order chi connectivity index (χ0) is 12.7. The van der Waals surface area contributed by atoms with Crippen molar-refractivity contribution >= 4 is 0 Å². The van der Waals surface area contributed by atoms with Crippen molar-refractivity contribution in [3.63, 3.8) is 0 Å². The van der Waals surface area contributed by atoms with Crippen molar-refractivity contribution in [2.24, 2.45) is 0 Å². The first-order valence-corrected chi connectivity index (χ1v) is 2.23. The Morgan fingerprint density at radius 3 is 1.58 bits per heavy atom. The fourth-order valence-corrected chi connectivity index (χ4v) is 0.315. The molecule has 0 aromatic heterocycles. The Balaban J connectivity index is 5.26. The highest BCUT2D eigenvalue weighted by atomic mass is 19.4. The molecule has 0 aromatic carbocycles. The number of alkyl halides is 7. The third-order valence-corrected chi connectivity index (χ3v) is 0.656. The van der Waals surface area contributed by atoms with Gasteiger partial charge in [-0.25, -0.2) is 4.39 Å². The van der Waals surface area contributed by atoms with E-state index in [0.717, 1.165) is 0 Å². The van der Waals surface area contributed by atoms with Crippen LogP contribution in [0.5, 0.6) is 0 Å². The van der Waals surface area contributed by atoms with Gasteiger partial charge < -0.3 is 4.74 Å². The Morgan fingerprint density at radius 1 is 1.17 bits per heavy atom. The maximum Gasteiger partial charge on any atom is 0.423 e. The predicted octanol–water partition coefficient (Wildman–Crippen LogP) is 2.42. The lowest BCUT2D eigenvalue weighted by atomic mass is 10.3. The van der Waals surface area contributed by atoms with Gasteiger partial charge in [0.2, 0.25) is 0 Å². The first-order valence-electron chi connectivity index (χ1n) is 3.73. The molecular weight excluding hydrogens is 197 g/mol.